The lowest BCUT2D eigenvalue weighted by atomic mass is 9.96. The van der Waals surface area contributed by atoms with E-state index in [9.17, 15) is 10.2 Å². The Bertz CT molecular complexity index is 138. The molecule has 15 heavy (non-hydrogen) atoms. The molecule has 0 saturated carbocycles. The molecule has 0 aliphatic carbocycles. The lowest BCUT2D eigenvalue weighted by Gasteiger charge is -2.39. The van der Waals surface area contributed by atoms with Crippen LogP contribution in [0.3, 0.4) is 0 Å². The molecule has 0 aromatic carbocycles. The van der Waals surface area contributed by atoms with E-state index in [1.807, 2.05) is 13.8 Å². The highest BCUT2D eigenvalue weighted by Crippen LogP contribution is 2.22. The van der Waals surface area contributed by atoms with Gasteiger partial charge < -0.3 is 19.7 Å². The molecular weight excluding hydrogens is 196 g/mol. The first kappa shape index (κ1) is 17.2. The van der Waals surface area contributed by atoms with Gasteiger partial charge in [0.05, 0.1) is 12.2 Å². The van der Waals surface area contributed by atoms with Crippen LogP contribution in [-0.4, -0.2) is 47.8 Å². The van der Waals surface area contributed by atoms with Gasteiger partial charge in [-0.25, -0.2) is 0 Å². The van der Waals surface area contributed by atoms with Gasteiger partial charge in [-0.15, -0.1) is 0 Å². The molecule has 1 aliphatic heterocycles. The fourth-order valence-corrected chi connectivity index (χ4v) is 1.51. The van der Waals surface area contributed by atoms with E-state index in [0.717, 1.165) is 0 Å². The van der Waals surface area contributed by atoms with Gasteiger partial charge in [-0.3, -0.25) is 0 Å². The summed E-state index contributed by atoms with van der Waals surface area (Å²) in [5.74, 6) is 0. The van der Waals surface area contributed by atoms with Gasteiger partial charge in [0.25, 0.3) is 0 Å². The topological polar surface area (TPSA) is 58.9 Å². The molecule has 0 spiro atoms. The molecule has 1 rings (SSSR count). The molecule has 0 amide bonds. The lowest BCUT2D eigenvalue weighted by molar-refractivity contribution is -0.219. The van der Waals surface area contributed by atoms with E-state index in [2.05, 4.69) is 0 Å². The van der Waals surface area contributed by atoms with Crippen molar-refractivity contribution in [3.63, 3.8) is 0 Å². The summed E-state index contributed by atoms with van der Waals surface area (Å²) in [7, 11) is 1.47. The Balaban J connectivity index is 0. The maximum absolute atomic E-state index is 9.52. The first-order valence-corrected chi connectivity index (χ1v) is 5.12. The molecule has 4 nitrogen and oxygen atoms in total. The number of hydrogen-bond donors (Lipinski definition) is 2. The average Bonchev–Trinajstić information content (AvgIpc) is 2.19. The maximum Gasteiger partial charge on any atom is 0.114 e. The Morgan fingerprint density at radius 3 is 1.60 bits per heavy atom. The van der Waals surface area contributed by atoms with Crippen molar-refractivity contribution in [1.29, 1.82) is 0 Å². The van der Waals surface area contributed by atoms with E-state index < -0.39 is 18.3 Å². The van der Waals surface area contributed by atoms with Crippen molar-refractivity contribution in [2.24, 2.45) is 0 Å². The van der Waals surface area contributed by atoms with Crippen LogP contribution in [0.1, 0.15) is 35.1 Å². The molecule has 0 bridgehead atoms. The summed E-state index contributed by atoms with van der Waals surface area (Å²) >= 11 is 0. The number of hydrogen-bond acceptors (Lipinski definition) is 4. The van der Waals surface area contributed by atoms with Gasteiger partial charge in [-0.2, -0.15) is 0 Å². The molecule has 2 N–H and O–H groups in total. The van der Waals surface area contributed by atoms with E-state index in [1.165, 1.54) is 7.11 Å². The smallest absolute Gasteiger partial charge is 0.114 e. The summed E-state index contributed by atoms with van der Waals surface area (Å²) < 4.78 is 10.2. The summed E-state index contributed by atoms with van der Waals surface area (Å²) in [5, 5.41) is 19.0. The molecule has 1 fully saturated rings. The largest absolute Gasteiger partial charge is 0.388 e. The molecular formula is C11H26O4. The summed E-state index contributed by atoms with van der Waals surface area (Å²) in [6.45, 7) is 7.53. The van der Waals surface area contributed by atoms with E-state index in [0.29, 0.717) is 0 Å². The standard InChI is InChI=1S/C8H16O4.C2H6.CH4/c1-4-6(9)8(11-3)7(10)5(2)12-4;1-2;/h4-10H,1-3H3;1-2H3;1H4/t4-,5-,6-,7-;;/m0../s1. The SMILES string of the molecule is C.CC.COC1[C@@H](O)[C@H](C)O[C@@H](C)[C@@H]1O. The van der Waals surface area contributed by atoms with Gasteiger partial charge in [-0.1, -0.05) is 21.3 Å². The summed E-state index contributed by atoms with van der Waals surface area (Å²) in [4.78, 5) is 0. The van der Waals surface area contributed by atoms with Crippen molar-refractivity contribution in [3.8, 4) is 0 Å². The van der Waals surface area contributed by atoms with E-state index in [1.54, 1.807) is 13.8 Å². The van der Waals surface area contributed by atoms with E-state index in [4.69, 9.17) is 9.47 Å². The van der Waals surface area contributed by atoms with Crippen molar-refractivity contribution in [2.75, 3.05) is 7.11 Å². The van der Waals surface area contributed by atoms with Crippen molar-refractivity contribution in [2.45, 2.75) is 65.6 Å². The fraction of sp³-hybridized carbons (Fsp3) is 1.00. The van der Waals surface area contributed by atoms with Crippen LogP contribution in [0.25, 0.3) is 0 Å². The molecule has 4 heteroatoms. The highest BCUT2D eigenvalue weighted by molar-refractivity contribution is 4.89. The quantitative estimate of drug-likeness (QED) is 0.700. The minimum Gasteiger partial charge on any atom is -0.388 e. The fourth-order valence-electron chi connectivity index (χ4n) is 1.51. The van der Waals surface area contributed by atoms with Gasteiger partial charge in [0, 0.05) is 7.11 Å². The molecule has 4 atom stereocenters. The average molecular weight is 222 g/mol. The molecule has 0 aromatic heterocycles. The summed E-state index contributed by atoms with van der Waals surface area (Å²) in [5.41, 5.74) is 0. The zero-order valence-corrected chi connectivity index (χ0v) is 9.60. The van der Waals surface area contributed by atoms with Crippen LogP contribution in [0.4, 0.5) is 0 Å². The monoisotopic (exact) mass is 222 g/mol. The Kier molecular flexibility index (Phi) is 9.25. The van der Waals surface area contributed by atoms with Gasteiger partial charge in [0.2, 0.25) is 0 Å². The van der Waals surface area contributed by atoms with Crippen molar-refractivity contribution in [1.82, 2.24) is 0 Å². The van der Waals surface area contributed by atoms with Crippen molar-refractivity contribution >= 4 is 0 Å². The number of rotatable bonds is 1. The second-order valence-electron chi connectivity index (χ2n) is 3.23. The normalized spacial score (nSPS) is 39.8. The minimum atomic E-state index is -0.749. The molecule has 94 valence electrons. The van der Waals surface area contributed by atoms with Crippen LogP contribution in [0.15, 0.2) is 0 Å². The third kappa shape index (κ3) is 4.07. The van der Waals surface area contributed by atoms with Crippen LogP contribution >= 0.6 is 0 Å². The number of aliphatic hydroxyl groups excluding tert-OH is 2. The van der Waals surface area contributed by atoms with Crippen molar-refractivity contribution in [3.05, 3.63) is 0 Å². The molecule has 0 aromatic rings. The van der Waals surface area contributed by atoms with Crippen LogP contribution in [0, 0.1) is 0 Å². The third-order valence-electron chi connectivity index (χ3n) is 2.34. The molecule has 1 heterocycles. The Hall–Kier alpha value is -0.160. The molecule has 0 unspecified atom stereocenters. The zero-order valence-electron chi connectivity index (χ0n) is 9.60. The Morgan fingerprint density at radius 1 is 1.00 bits per heavy atom. The second kappa shape index (κ2) is 8.05. The van der Waals surface area contributed by atoms with E-state index in [-0.39, 0.29) is 19.6 Å². The summed E-state index contributed by atoms with van der Waals surface area (Å²) in [6.07, 6.45) is -2.60. The third-order valence-corrected chi connectivity index (χ3v) is 2.34. The number of ether oxygens (including phenoxy) is 2. The molecule has 1 saturated heterocycles. The maximum atomic E-state index is 9.52. The van der Waals surface area contributed by atoms with Crippen LogP contribution in [0.2, 0.25) is 0 Å². The number of methoxy groups -OCH3 is 1. The van der Waals surface area contributed by atoms with Crippen LogP contribution in [-0.2, 0) is 9.47 Å². The van der Waals surface area contributed by atoms with E-state index >= 15 is 0 Å². The highest BCUT2D eigenvalue weighted by Gasteiger charge is 2.40. The van der Waals surface area contributed by atoms with Gasteiger partial charge in [0.1, 0.15) is 18.3 Å². The zero-order chi connectivity index (χ0) is 11.3. The Morgan fingerprint density at radius 2 is 1.33 bits per heavy atom. The van der Waals surface area contributed by atoms with Crippen molar-refractivity contribution < 1.29 is 19.7 Å². The van der Waals surface area contributed by atoms with Crippen LogP contribution in [0.5, 0.6) is 0 Å². The molecule has 1 aliphatic rings. The lowest BCUT2D eigenvalue weighted by Crippen LogP contribution is -2.56. The van der Waals surface area contributed by atoms with Gasteiger partial charge >= 0.3 is 0 Å². The predicted octanol–water partition coefficient (Wildman–Crippen LogP) is 1.19. The summed E-state index contributed by atoms with van der Waals surface area (Å²) in [6, 6.07) is 0. The minimum absolute atomic E-state index is 0. The Labute approximate surface area is 93.2 Å². The number of aliphatic hydroxyl groups is 2. The highest BCUT2D eigenvalue weighted by atomic mass is 16.6. The second-order valence-corrected chi connectivity index (χ2v) is 3.23. The van der Waals surface area contributed by atoms with Gasteiger partial charge in [-0.05, 0) is 13.8 Å². The first-order valence-electron chi connectivity index (χ1n) is 5.12. The predicted molar refractivity (Wildman–Crippen MR) is 60.9 cm³/mol. The molecule has 0 radical (unpaired) electrons. The van der Waals surface area contributed by atoms with Crippen LogP contribution < -0.4 is 0 Å². The first-order chi connectivity index (χ1) is 6.57. The van der Waals surface area contributed by atoms with Gasteiger partial charge in [0.15, 0.2) is 0 Å².